The van der Waals surface area contributed by atoms with E-state index in [0.717, 1.165) is 42.3 Å². The van der Waals surface area contributed by atoms with Crippen LogP contribution in [0.2, 0.25) is 0 Å². The molecule has 2 unspecified atom stereocenters. The molecule has 1 aliphatic rings. The van der Waals surface area contributed by atoms with Gasteiger partial charge in [0.15, 0.2) is 5.76 Å². The van der Waals surface area contributed by atoms with Crippen molar-refractivity contribution in [2.45, 2.75) is 31.5 Å². The molecule has 0 amide bonds. The van der Waals surface area contributed by atoms with Gasteiger partial charge in [0.25, 0.3) is 0 Å². The summed E-state index contributed by atoms with van der Waals surface area (Å²) >= 11 is 1.66. The lowest BCUT2D eigenvalue weighted by molar-refractivity contribution is 0.00950. The molecule has 1 saturated heterocycles. The number of rotatable bonds is 5. The third-order valence-corrected chi connectivity index (χ3v) is 4.97. The van der Waals surface area contributed by atoms with Crippen LogP contribution in [0.5, 0.6) is 0 Å². The number of methoxy groups -OCH3 is 1. The minimum atomic E-state index is 0.328. The highest BCUT2D eigenvalue weighted by atomic mass is 32.1. The predicted octanol–water partition coefficient (Wildman–Crippen LogP) is 2.34. The molecule has 0 aliphatic carbocycles. The lowest BCUT2D eigenvalue weighted by Gasteiger charge is -2.37. The van der Waals surface area contributed by atoms with Gasteiger partial charge >= 0.3 is 0 Å². The lowest BCUT2D eigenvalue weighted by atomic mass is 9.99. The van der Waals surface area contributed by atoms with Crippen molar-refractivity contribution in [3.8, 4) is 10.6 Å². The molecule has 2 aromatic heterocycles. The number of ether oxygens (including phenoxy) is 1. The van der Waals surface area contributed by atoms with Crippen LogP contribution >= 0.6 is 11.3 Å². The maximum Gasteiger partial charge on any atom is 0.177 e. The van der Waals surface area contributed by atoms with Gasteiger partial charge in [-0.3, -0.25) is 4.90 Å². The van der Waals surface area contributed by atoms with Gasteiger partial charge in [-0.05, 0) is 24.3 Å². The Kier molecular flexibility index (Phi) is 4.70. The van der Waals surface area contributed by atoms with Gasteiger partial charge in [0.1, 0.15) is 0 Å². The smallest absolute Gasteiger partial charge is 0.177 e. The molecule has 3 rings (SSSR count). The van der Waals surface area contributed by atoms with Crippen molar-refractivity contribution in [3.05, 3.63) is 29.3 Å². The molecule has 2 N–H and O–H groups in total. The number of likely N-dealkylation sites (tertiary alicyclic amines) is 1. The van der Waals surface area contributed by atoms with Crippen LogP contribution in [0.25, 0.3) is 10.6 Å². The first-order valence-electron chi connectivity index (χ1n) is 7.26. The number of aromatic nitrogens is 1. The van der Waals surface area contributed by atoms with Crippen LogP contribution in [0.1, 0.15) is 18.5 Å². The van der Waals surface area contributed by atoms with Gasteiger partial charge < -0.3 is 15.0 Å². The third-order valence-electron chi connectivity index (χ3n) is 4.08. The average Bonchev–Trinajstić information content (AvgIpc) is 3.18. The van der Waals surface area contributed by atoms with Crippen molar-refractivity contribution < 1.29 is 9.26 Å². The van der Waals surface area contributed by atoms with E-state index in [4.69, 9.17) is 15.0 Å². The van der Waals surface area contributed by atoms with E-state index in [0.29, 0.717) is 18.7 Å². The van der Waals surface area contributed by atoms with Crippen LogP contribution in [0.4, 0.5) is 0 Å². The Labute approximate surface area is 128 Å². The van der Waals surface area contributed by atoms with Crippen LogP contribution in [-0.4, -0.2) is 42.4 Å². The van der Waals surface area contributed by atoms with E-state index in [1.54, 1.807) is 18.4 Å². The normalized spacial score (nSPS) is 23.5. The highest BCUT2D eigenvalue weighted by molar-refractivity contribution is 7.13. The van der Waals surface area contributed by atoms with E-state index in [-0.39, 0.29) is 0 Å². The number of hydrogen-bond donors (Lipinski definition) is 1. The minimum Gasteiger partial charge on any atom is -0.381 e. The quantitative estimate of drug-likeness (QED) is 0.918. The molecule has 3 heterocycles. The fourth-order valence-electron chi connectivity index (χ4n) is 2.86. The van der Waals surface area contributed by atoms with E-state index in [2.05, 4.69) is 10.1 Å². The molecule has 2 aromatic rings. The van der Waals surface area contributed by atoms with Gasteiger partial charge in [0, 0.05) is 38.9 Å². The number of piperidine rings is 1. The topological polar surface area (TPSA) is 64.5 Å². The zero-order chi connectivity index (χ0) is 14.7. The molecular weight excluding hydrogens is 286 g/mol. The van der Waals surface area contributed by atoms with Crippen molar-refractivity contribution >= 4 is 11.3 Å². The Morgan fingerprint density at radius 2 is 2.48 bits per heavy atom. The van der Waals surface area contributed by atoms with Crippen LogP contribution in [0, 0.1) is 0 Å². The molecule has 21 heavy (non-hydrogen) atoms. The van der Waals surface area contributed by atoms with Crippen LogP contribution in [0.15, 0.2) is 28.1 Å². The summed E-state index contributed by atoms with van der Waals surface area (Å²) in [5.74, 6) is 0.844. The molecule has 0 aromatic carbocycles. The van der Waals surface area contributed by atoms with Crippen molar-refractivity contribution in [1.29, 1.82) is 0 Å². The Hall–Kier alpha value is -1.21. The summed E-state index contributed by atoms with van der Waals surface area (Å²) in [6.45, 7) is 2.42. The number of nitrogens with zero attached hydrogens (tertiary/aromatic N) is 2. The van der Waals surface area contributed by atoms with Crippen molar-refractivity contribution in [3.63, 3.8) is 0 Å². The Balaban J connectivity index is 1.66. The second kappa shape index (κ2) is 6.70. The highest BCUT2D eigenvalue weighted by Gasteiger charge is 2.28. The number of nitrogens with two attached hydrogens (primary N) is 1. The van der Waals surface area contributed by atoms with Crippen molar-refractivity contribution in [2.24, 2.45) is 5.73 Å². The largest absolute Gasteiger partial charge is 0.381 e. The molecule has 0 bridgehead atoms. The summed E-state index contributed by atoms with van der Waals surface area (Å²) in [4.78, 5) is 3.49. The van der Waals surface area contributed by atoms with E-state index in [9.17, 15) is 0 Å². The minimum absolute atomic E-state index is 0.328. The molecule has 1 aliphatic heterocycles. The first-order chi connectivity index (χ1) is 10.3. The standard InChI is InChI=1S/C15H21N3O2S/c1-19-13-4-5-18(12(8-13)9-16)10-11-7-14(20-17-11)15-3-2-6-21-15/h2-3,6-7,12-13H,4-5,8-10,16H2,1H3. The van der Waals surface area contributed by atoms with Crippen LogP contribution < -0.4 is 5.73 Å². The molecule has 0 radical (unpaired) electrons. The summed E-state index contributed by atoms with van der Waals surface area (Å²) < 4.78 is 10.9. The molecule has 2 atom stereocenters. The van der Waals surface area contributed by atoms with Gasteiger partial charge in [-0.2, -0.15) is 0 Å². The zero-order valence-corrected chi connectivity index (χ0v) is 13.0. The summed E-state index contributed by atoms with van der Waals surface area (Å²) in [5.41, 5.74) is 6.87. The molecule has 0 saturated carbocycles. The van der Waals surface area contributed by atoms with Gasteiger partial charge in [0.2, 0.25) is 0 Å². The SMILES string of the molecule is COC1CCN(Cc2cc(-c3cccs3)on2)C(CN)C1. The first kappa shape index (κ1) is 14.7. The Morgan fingerprint density at radius 1 is 1.57 bits per heavy atom. The molecule has 0 spiro atoms. The van der Waals surface area contributed by atoms with E-state index >= 15 is 0 Å². The maximum atomic E-state index is 5.91. The molecule has 6 heteroatoms. The van der Waals surface area contributed by atoms with E-state index in [1.807, 2.05) is 23.6 Å². The molecule has 5 nitrogen and oxygen atoms in total. The summed E-state index contributed by atoms with van der Waals surface area (Å²) in [5, 5.41) is 6.23. The van der Waals surface area contributed by atoms with Gasteiger partial charge in [-0.1, -0.05) is 11.2 Å². The maximum absolute atomic E-state index is 5.91. The molecular formula is C15H21N3O2S. The van der Waals surface area contributed by atoms with Crippen LogP contribution in [-0.2, 0) is 11.3 Å². The van der Waals surface area contributed by atoms with Crippen molar-refractivity contribution in [2.75, 3.05) is 20.2 Å². The zero-order valence-electron chi connectivity index (χ0n) is 12.2. The van der Waals surface area contributed by atoms with E-state index in [1.165, 1.54) is 0 Å². The van der Waals surface area contributed by atoms with Gasteiger partial charge in [0.05, 0.1) is 16.7 Å². The Morgan fingerprint density at radius 3 is 3.19 bits per heavy atom. The molecule has 114 valence electrons. The number of thiophene rings is 1. The lowest BCUT2D eigenvalue weighted by Crippen LogP contribution is -2.48. The summed E-state index contributed by atoms with van der Waals surface area (Å²) in [7, 11) is 1.78. The fraction of sp³-hybridized carbons (Fsp3) is 0.533. The third kappa shape index (κ3) is 3.35. The second-order valence-corrected chi connectivity index (χ2v) is 6.35. The van der Waals surface area contributed by atoms with E-state index < -0.39 is 0 Å². The predicted molar refractivity (Wildman–Crippen MR) is 83.1 cm³/mol. The summed E-state index contributed by atoms with van der Waals surface area (Å²) in [6.07, 6.45) is 2.36. The first-order valence-corrected chi connectivity index (χ1v) is 8.14. The number of hydrogen-bond acceptors (Lipinski definition) is 6. The molecule has 1 fully saturated rings. The van der Waals surface area contributed by atoms with Crippen molar-refractivity contribution in [1.82, 2.24) is 10.1 Å². The Bertz CT molecular complexity index is 555. The monoisotopic (exact) mass is 307 g/mol. The second-order valence-electron chi connectivity index (χ2n) is 5.40. The van der Waals surface area contributed by atoms with Gasteiger partial charge in [-0.15, -0.1) is 11.3 Å². The summed E-state index contributed by atoms with van der Waals surface area (Å²) in [6, 6.07) is 6.44. The fourth-order valence-corrected chi connectivity index (χ4v) is 3.53. The average molecular weight is 307 g/mol. The van der Waals surface area contributed by atoms with Crippen LogP contribution in [0.3, 0.4) is 0 Å². The van der Waals surface area contributed by atoms with Gasteiger partial charge in [-0.25, -0.2) is 0 Å². The highest BCUT2D eigenvalue weighted by Crippen LogP contribution is 2.27.